The number of aryl methyl sites for hydroxylation is 2. The third kappa shape index (κ3) is 5.57. The molecule has 1 N–H and O–H groups in total. The molecule has 312 valence electrons. The molecule has 2 aromatic heterocycles. The highest BCUT2D eigenvalue weighted by atomic mass is 35.5. The Bertz CT molecular complexity index is 2860. The number of aromatic nitrogens is 2. The fourth-order valence-electron chi connectivity index (χ4n) is 10.3. The number of phenols is 1. The van der Waals surface area contributed by atoms with E-state index in [4.69, 9.17) is 16.7 Å². The number of nitro groups is 2. The summed E-state index contributed by atoms with van der Waals surface area (Å²) in [5, 5.41) is 41.9. The average Bonchev–Trinajstić information content (AvgIpc) is 3.88. The molecule has 0 spiro atoms. The van der Waals surface area contributed by atoms with Crippen molar-refractivity contribution in [3.05, 3.63) is 108 Å². The number of benzene rings is 3. The number of para-hydroxylation sites is 1. The molecule has 0 radical (unpaired) electrons. The van der Waals surface area contributed by atoms with Gasteiger partial charge in [0.1, 0.15) is 11.5 Å². The fourth-order valence-corrected chi connectivity index (χ4v) is 11.6. The standard InChI is InChI=1S/C42H35ClFN7O9S/c1-18-24-13-19(43)9-12-31(24)61-37(18)28-17-32(47(5)45-28)49-39(54)26-16-25-21(34(42(26,2)41(49)56)23-7-6-8-27(44)36(23)52)10-11-22-33(25)40(55)48(38(22)53)20-14-29(50(57)58)35(46(3)4)30(15-20)51(59)60/h6-10,12-15,17,22,25-26,33-34,52H,11,16H2,1-5H3. The zero-order valence-corrected chi connectivity index (χ0v) is 34.7. The number of hydrogen-bond donors (Lipinski definition) is 1. The van der Waals surface area contributed by atoms with Crippen LogP contribution in [-0.2, 0) is 26.2 Å². The molecule has 9 rings (SSSR count). The zero-order chi connectivity index (χ0) is 43.7. The summed E-state index contributed by atoms with van der Waals surface area (Å²) in [6.45, 7) is 3.52. The number of carbonyl (C=O) groups is 4. The maximum Gasteiger partial charge on any atom is 0.301 e. The fraction of sp³-hybridized carbons (Fsp3) is 0.310. The monoisotopic (exact) mass is 867 g/mol. The van der Waals surface area contributed by atoms with Crippen molar-refractivity contribution in [3.63, 3.8) is 0 Å². The predicted octanol–water partition coefficient (Wildman–Crippen LogP) is 7.43. The topological polar surface area (TPSA) is 202 Å². The van der Waals surface area contributed by atoms with E-state index in [2.05, 4.69) is 0 Å². The van der Waals surface area contributed by atoms with E-state index in [0.717, 1.165) is 48.5 Å². The van der Waals surface area contributed by atoms with Gasteiger partial charge in [0, 0.05) is 60.5 Å². The molecular formula is C42H35ClFN7O9S. The number of thiophene rings is 1. The van der Waals surface area contributed by atoms with Crippen molar-refractivity contribution in [3.8, 4) is 16.3 Å². The number of phenolic OH excluding ortho intramolecular Hbond substituents is 1. The van der Waals surface area contributed by atoms with Gasteiger partial charge >= 0.3 is 11.4 Å². The van der Waals surface area contributed by atoms with E-state index in [1.807, 2.05) is 19.1 Å². The predicted molar refractivity (Wildman–Crippen MR) is 223 cm³/mol. The van der Waals surface area contributed by atoms with E-state index in [1.54, 1.807) is 32.2 Å². The lowest BCUT2D eigenvalue weighted by molar-refractivity contribution is -0.392. The SMILES string of the molecule is Cc1c(-c2cc(N3C(=O)C4CC5C(=CCC6C(=O)N(c7cc([N+](=O)[O-])c(N(C)C)c([N+](=O)[O-])c7)C(=O)C65)C(c5cccc(F)c5O)C4(C)C3=O)n(C)n2)sc2ccc(Cl)cc12. The summed E-state index contributed by atoms with van der Waals surface area (Å²) in [6.07, 6.45) is 1.53. The van der Waals surface area contributed by atoms with Gasteiger partial charge in [-0.3, -0.25) is 44.1 Å². The minimum Gasteiger partial charge on any atom is -0.505 e. The Balaban J connectivity index is 1.15. The second kappa shape index (κ2) is 13.8. The first-order chi connectivity index (χ1) is 28.9. The molecule has 6 atom stereocenters. The molecule has 3 fully saturated rings. The summed E-state index contributed by atoms with van der Waals surface area (Å²) in [7, 11) is 4.38. The van der Waals surface area contributed by atoms with Crippen LogP contribution < -0.4 is 14.7 Å². The van der Waals surface area contributed by atoms with Gasteiger partial charge < -0.3 is 10.0 Å². The summed E-state index contributed by atoms with van der Waals surface area (Å²) in [5.41, 5.74) is -1.87. The molecule has 5 aromatic rings. The number of rotatable bonds is 7. The quantitative estimate of drug-likeness (QED) is 0.0738. The summed E-state index contributed by atoms with van der Waals surface area (Å²) >= 11 is 7.77. The van der Waals surface area contributed by atoms with Crippen molar-refractivity contribution in [1.82, 2.24) is 9.78 Å². The van der Waals surface area contributed by atoms with Crippen LogP contribution in [0.3, 0.4) is 0 Å². The molecule has 4 aliphatic rings. The number of fused-ring (bicyclic) bond motifs is 5. The molecule has 0 bridgehead atoms. The second-order valence-electron chi connectivity index (χ2n) is 16.3. The number of imide groups is 2. The van der Waals surface area contributed by atoms with E-state index in [-0.39, 0.29) is 35.6 Å². The van der Waals surface area contributed by atoms with Crippen LogP contribution in [0, 0.1) is 62.1 Å². The van der Waals surface area contributed by atoms with Crippen molar-refractivity contribution in [2.45, 2.75) is 32.6 Å². The molecule has 2 aliphatic heterocycles. The Morgan fingerprint density at radius 2 is 1.66 bits per heavy atom. The smallest absolute Gasteiger partial charge is 0.301 e. The molecule has 2 aliphatic carbocycles. The summed E-state index contributed by atoms with van der Waals surface area (Å²) < 4.78 is 17.6. The minimum atomic E-state index is -1.64. The Morgan fingerprint density at radius 3 is 2.31 bits per heavy atom. The molecule has 3 aromatic carbocycles. The van der Waals surface area contributed by atoms with Gasteiger partial charge in [0.05, 0.1) is 43.6 Å². The number of carbonyl (C=O) groups excluding carboxylic acids is 4. The van der Waals surface area contributed by atoms with Gasteiger partial charge in [-0.25, -0.2) is 14.2 Å². The van der Waals surface area contributed by atoms with E-state index in [1.165, 1.54) is 47.1 Å². The van der Waals surface area contributed by atoms with Crippen molar-refractivity contribution >= 4 is 85.2 Å². The van der Waals surface area contributed by atoms with Crippen molar-refractivity contribution < 1.29 is 38.5 Å². The van der Waals surface area contributed by atoms with Crippen molar-refractivity contribution in [2.75, 3.05) is 28.8 Å². The summed E-state index contributed by atoms with van der Waals surface area (Å²) in [6, 6.07) is 13.0. The number of nitrogens with zero attached hydrogens (tertiary/aromatic N) is 7. The normalized spacial score (nSPS) is 24.6. The maximum absolute atomic E-state index is 15.3. The van der Waals surface area contributed by atoms with Gasteiger partial charge in [0.25, 0.3) is 0 Å². The number of nitro benzene ring substituents is 2. The van der Waals surface area contributed by atoms with E-state index >= 15 is 9.18 Å². The van der Waals surface area contributed by atoms with Gasteiger partial charge in [-0.15, -0.1) is 11.3 Å². The number of amides is 4. The second-order valence-corrected chi connectivity index (χ2v) is 17.8. The molecule has 6 unspecified atom stereocenters. The highest BCUT2D eigenvalue weighted by Gasteiger charge is 2.68. The van der Waals surface area contributed by atoms with E-state index in [9.17, 15) is 39.7 Å². The molecule has 61 heavy (non-hydrogen) atoms. The lowest BCUT2D eigenvalue weighted by atomic mass is 9.51. The Labute approximate surface area is 354 Å². The molecule has 4 heterocycles. The number of allylic oxidation sites excluding steroid dienone is 2. The lowest BCUT2D eigenvalue weighted by Crippen LogP contribution is -2.49. The molecular weight excluding hydrogens is 833 g/mol. The Kier molecular flexibility index (Phi) is 9.00. The number of hydrogen-bond acceptors (Lipinski definition) is 12. The van der Waals surface area contributed by atoms with Crippen LogP contribution in [0.1, 0.15) is 36.8 Å². The zero-order valence-electron chi connectivity index (χ0n) is 33.1. The first kappa shape index (κ1) is 39.9. The summed E-state index contributed by atoms with van der Waals surface area (Å²) in [5.74, 6) is -9.80. The summed E-state index contributed by atoms with van der Waals surface area (Å²) in [4.78, 5) is 85.5. The molecule has 4 amide bonds. The third-order valence-corrected chi connectivity index (χ3v) is 14.5. The van der Waals surface area contributed by atoms with Crippen LogP contribution >= 0.6 is 22.9 Å². The number of anilines is 3. The molecule has 16 nitrogen and oxygen atoms in total. The van der Waals surface area contributed by atoms with Gasteiger partial charge in [-0.2, -0.15) is 5.10 Å². The molecule has 2 saturated heterocycles. The lowest BCUT2D eigenvalue weighted by Gasteiger charge is -2.49. The highest BCUT2D eigenvalue weighted by Crippen LogP contribution is 2.65. The van der Waals surface area contributed by atoms with Crippen molar-refractivity contribution in [1.29, 1.82) is 0 Å². The van der Waals surface area contributed by atoms with Gasteiger partial charge in [-0.05, 0) is 67.8 Å². The van der Waals surface area contributed by atoms with E-state index < -0.39 is 91.4 Å². The largest absolute Gasteiger partial charge is 0.505 e. The van der Waals surface area contributed by atoms with Crippen LogP contribution in [0.4, 0.5) is 33.0 Å². The van der Waals surface area contributed by atoms with Gasteiger partial charge in [0.15, 0.2) is 17.3 Å². The van der Waals surface area contributed by atoms with Crippen LogP contribution in [0.2, 0.25) is 5.02 Å². The van der Waals surface area contributed by atoms with Crippen molar-refractivity contribution in [2.24, 2.45) is 36.1 Å². The first-order valence-corrected chi connectivity index (χ1v) is 20.4. The van der Waals surface area contributed by atoms with Gasteiger partial charge in [0.2, 0.25) is 23.6 Å². The van der Waals surface area contributed by atoms with Crippen LogP contribution in [0.15, 0.2) is 66.2 Å². The van der Waals surface area contributed by atoms with Crippen LogP contribution in [0.25, 0.3) is 20.7 Å². The number of halogens is 2. The number of aromatic hydroxyl groups is 1. The first-order valence-electron chi connectivity index (χ1n) is 19.2. The molecule has 19 heteroatoms. The highest BCUT2D eigenvalue weighted by molar-refractivity contribution is 7.22. The Morgan fingerprint density at radius 1 is 0.967 bits per heavy atom. The molecule has 1 saturated carbocycles. The van der Waals surface area contributed by atoms with Gasteiger partial charge in [-0.1, -0.05) is 35.4 Å². The minimum absolute atomic E-state index is 0.00862. The third-order valence-electron chi connectivity index (χ3n) is 13.0. The van der Waals surface area contributed by atoms with Crippen LogP contribution in [0.5, 0.6) is 5.75 Å². The van der Waals surface area contributed by atoms with E-state index in [0.29, 0.717) is 16.3 Å². The Hall–Kier alpha value is -6.53. The maximum atomic E-state index is 15.3. The van der Waals surface area contributed by atoms with Crippen LogP contribution in [-0.4, -0.2) is 62.5 Å². The average molecular weight is 868 g/mol.